The largest absolute Gasteiger partial charge is 0.282 e. The van der Waals surface area contributed by atoms with Gasteiger partial charge in [-0.1, -0.05) is 12.1 Å². The summed E-state index contributed by atoms with van der Waals surface area (Å²) in [6, 6.07) is 9.19. The highest BCUT2D eigenvalue weighted by Crippen LogP contribution is 2.33. The fourth-order valence-electron chi connectivity index (χ4n) is 2.01. The molecule has 0 N–H and O–H groups in total. The van der Waals surface area contributed by atoms with Crippen LogP contribution in [0, 0.1) is 0 Å². The first-order valence-electron chi connectivity index (χ1n) is 7.00. The summed E-state index contributed by atoms with van der Waals surface area (Å²) in [7, 11) is 0. The molecule has 114 valence electrons. The third kappa shape index (κ3) is 3.54. The van der Waals surface area contributed by atoms with Gasteiger partial charge in [0.2, 0.25) is 0 Å². The monoisotopic (exact) mass is 322 g/mol. The Bertz CT molecular complexity index is 772. The zero-order valence-electron chi connectivity index (χ0n) is 12.3. The van der Waals surface area contributed by atoms with Gasteiger partial charge < -0.3 is 0 Å². The standard InChI is InChI=1S/C17H14N4OS/c1-2-11-21-16(22)14(12-13-6-9-18-10-7-13)23-17(21)20-15-5-3-4-8-19-15/h2-10,12H,1,11H2/b14-12-,20-17+. The lowest BCUT2D eigenvalue weighted by Crippen LogP contribution is -2.29. The number of hydrogen-bond donors (Lipinski definition) is 0. The van der Waals surface area contributed by atoms with E-state index in [-0.39, 0.29) is 5.91 Å². The molecule has 0 bridgehead atoms. The van der Waals surface area contributed by atoms with Gasteiger partial charge in [-0.25, -0.2) is 9.98 Å². The maximum absolute atomic E-state index is 12.6. The Morgan fingerprint density at radius 1 is 1.22 bits per heavy atom. The number of rotatable bonds is 4. The highest BCUT2D eigenvalue weighted by Gasteiger charge is 2.32. The van der Waals surface area contributed by atoms with Crippen molar-refractivity contribution in [3.8, 4) is 0 Å². The number of carbonyl (C=O) groups is 1. The van der Waals surface area contributed by atoms with Gasteiger partial charge in [-0.3, -0.25) is 14.7 Å². The van der Waals surface area contributed by atoms with Crippen molar-refractivity contribution in [3.05, 3.63) is 72.0 Å². The number of aromatic nitrogens is 2. The highest BCUT2D eigenvalue weighted by atomic mass is 32.2. The van der Waals surface area contributed by atoms with Crippen LogP contribution in [0.3, 0.4) is 0 Å². The van der Waals surface area contributed by atoms with E-state index in [9.17, 15) is 4.79 Å². The normalized spacial score (nSPS) is 17.9. The number of amidine groups is 1. The lowest BCUT2D eigenvalue weighted by atomic mass is 10.2. The second-order valence-corrected chi connectivity index (χ2v) is 5.69. The van der Waals surface area contributed by atoms with Crippen LogP contribution in [-0.4, -0.2) is 32.5 Å². The fraction of sp³-hybridized carbons (Fsp3) is 0.0588. The van der Waals surface area contributed by atoms with Gasteiger partial charge in [0, 0.05) is 25.1 Å². The van der Waals surface area contributed by atoms with E-state index in [2.05, 4.69) is 21.5 Å². The number of nitrogens with zero attached hydrogens (tertiary/aromatic N) is 4. The van der Waals surface area contributed by atoms with Crippen molar-refractivity contribution in [2.45, 2.75) is 0 Å². The number of amides is 1. The minimum Gasteiger partial charge on any atom is -0.282 e. The SMILES string of the molecule is C=CCN1C(=O)/C(=C/c2ccncc2)S/C1=N/c1ccccn1. The first-order chi connectivity index (χ1) is 11.3. The van der Waals surface area contributed by atoms with E-state index in [1.807, 2.05) is 30.3 Å². The van der Waals surface area contributed by atoms with Crippen LogP contribution in [0.15, 0.2) is 71.5 Å². The lowest BCUT2D eigenvalue weighted by molar-refractivity contribution is -0.121. The topological polar surface area (TPSA) is 58.5 Å². The van der Waals surface area contributed by atoms with Crippen molar-refractivity contribution in [1.82, 2.24) is 14.9 Å². The molecule has 0 aliphatic carbocycles. The first-order valence-corrected chi connectivity index (χ1v) is 7.81. The lowest BCUT2D eigenvalue weighted by Gasteiger charge is -2.12. The predicted octanol–water partition coefficient (Wildman–Crippen LogP) is 3.27. The minimum absolute atomic E-state index is 0.0820. The molecule has 0 saturated carbocycles. The van der Waals surface area contributed by atoms with Gasteiger partial charge in [0.05, 0.1) is 4.91 Å². The van der Waals surface area contributed by atoms with Gasteiger partial charge in [0.25, 0.3) is 5.91 Å². The Labute approximate surface area is 138 Å². The van der Waals surface area contributed by atoms with E-state index in [1.165, 1.54) is 11.8 Å². The summed E-state index contributed by atoms with van der Waals surface area (Å²) in [4.78, 5) is 27.4. The summed E-state index contributed by atoms with van der Waals surface area (Å²) in [5.74, 6) is 0.489. The third-order valence-corrected chi connectivity index (χ3v) is 4.07. The Hall–Kier alpha value is -2.73. The predicted molar refractivity (Wildman–Crippen MR) is 93.0 cm³/mol. The van der Waals surface area contributed by atoms with Crippen molar-refractivity contribution < 1.29 is 4.79 Å². The highest BCUT2D eigenvalue weighted by molar-refractivity contribution is 8.18. The molecule has 0 unspecified atom stereocenters. The number of aliphatic imine (C=N–C) groups is 1. The summed E-state index contributed by atoms with van der Waals surface area (Å²) in [6.07, 6.45) is 8.58. The molecule has 0 aromatic carbocycles. The average molecular weight is 322 g/mol. The minimum atomic E-state index is -0.0820. The molecule has 1 fully saturated rings. The van der Waals surface area contributed by atoms with Crippen molar-refractivity contribution in [2.24, 2.45) is 4.99 Å². The summed E-state index contributed by atoms with van der Waals surface area (Å²) < 4.78 is 0. The Morgan fingerprint density at radius 3 is 2.74 bits per heavy atom. The second kappa shape index (κ2) is 7.02. The van der Waals surface area contributed by atoms with E-state index in [1.54, 1.807) is 35.6 Å². The van der Waals surface area contributed by atoms with Gasteiger partial charge in [-0.15, -0.1) is 6.58 Å². The van der Waals surface area contributed by atoms with Gasteiger partial charge in [0.1, 0.15) is 0 Å². The van der Waals surface area contributed by atoms with Crippen molar-refractivity contribution in [1.29, 1.82) is 0 Å². The van der Waals surface area contributed by atoms with Crippen molar-refractivity contribution in [2.75, 3.05) is 6.54 Å². The zero-order chi connectivity index (χ0) is 16.1. The molecular formula is C17H14N4OS. The molecule has 2 aromatic rings. The van der Waals surface area contributed by atoms with Crippen LogP contribution in [0.25, 0.3) is 6.08 Å². The van der Waals surface area contributed by atoms with Crippen LogP contribution >= 0.6 is 11.8 Å². The van der Waals surface area contributed by atoms with Crippen molar-refractivity contribution >= 4 is 34.7 Å². The van der Waals surface area contributed by atoms with Gasteiger partial charge in [-0.2, -0.15) is 0 Å². The van der Waals surface area contributed by atoms with E-state index in [0.717, 1.165) is 5.56 Å². The molecule has 1 saturated heterocycles. The first kappa shape index (κ1) is 15.2. The van der Waals surface area contributed by atoms with E-state index < -0.39 is 0 Å². The maximum atomic E-state index is 12.6. The van der Waals surface area contributed by atoms with Gasteiger partial charge in [0.15, 0.2) is 11.0 Å². The van der Waals surface area contributed by atoms with E-state index >= 15 is 0 Å². The molecule has 6 heteroatoms. The Morgan fingerprint density at radius 2 is 2.04 bits per heavy atom. The number of hydrogen-bond acceptors (Lipinski definition) is 5. The molecule has 0 spiro atoms. The van der Waals surface area contributed by atoms with E-state index in [0.29, 0.717) is 22.4 Å². The molecule has 1 amide bonds. The summed E-state index contributed by atoms with van der Waals surface area (Å²) in [6.45, 7) is 4.12. The number of pyridine rings is 2. The quantitative estimate of drug-likeness (QED) is 0.640. The Kier molecular flexibility index (Phi) is 4.63. The number of carbonyl (C=O) groups excluding carboxylic acids is 1. The molecule has 3 heterocycles. The number of thioether (sulfide) groups is 1. The zero-order valence-corrected chi connectivity index (χ0v) is 13.1. The molecule has 0 atom stereocenters. The van der Waals surface area contributed by atoms with Crippen LogP contribution in [0.4, 0.5) is 5.82 Å². The van der Waals surface area contributed by atoms with Crippen LogP contribution in [0.2, 0.25) is 0 Å². The van der Waals surface area contributed by atoms with Crippen molar-refractivity contribution in [3.63, 3.8) is 0 Å². The van der Waals surface area contributed by atoms with Gasteiger partial charge >= 0.3 is 0 Å². The third-order valence-electron chi connectivity index (χ3n) is 3.06. The Balaban J connectivity index is 1.94. The molecule has 3 rings (SSSR count). The van der Waals surface area contributed by atoms with Crippen LogP contribution < -0.4 is 0 Å². The molecule has 0 radical (unpaired) electrons. The molecule has 1 aliphatic heterocycles. The molecule has 2 aromatic heterocycles. The molecule has 1 aliphatic rings. The van der Waals surface area contributed by atoms with Gasteiger partial charge in [-0.05, 0) is 47.7 Å². The summed E-state index contributed by atoms with van der Waals surface area (Å²) in [5, 5.41) is 0.605. The van der Waals surface area contributed by atoms with Crippen LogP contribution in [0.1, 0.15) is 5.56 Å². The molecule has 5 nitrogen and oxygen atoms in total. The van der Waals surface area contributed by atoms with E-state index in [4.69, 9.17) is 0 Å². The fourth-order valence-corrected chi connectivity index (χ4v) is 3.01. The summed E-state index contributed by atoms with van der Waals surface area (Å²) >= 11 is 1.34. The van der Waals surface area contributed by atoms with Crippen LogP contribution in [0.5, 0.6) is 0 Å². The maximum Gasteiger partial charge on any atom is 0.267 e. The molecule has 23 heavy (non-hydrogen) atoms. The molecular weight excluding hydrogens is 308 g/mol. The smallest absolute Gasteiger partial charge is 0.267 e. The summed E-state index contributed by atoms with van der Waals surface area (Å²) in [5.41, 5.74) is 0.925. The average Bonchev–Trinajstić information content (AvgIpc) is 2.86. The van der Waals surface area contributed by atoms with Crippen LogP contribution in [-0.2, 0) is 4.79 Å². The second-order valence-electron chi connectivity index (χ2n) is 4.68.